The van der Waals surface area contributed by atoms with Crippen molar-refractivity contribution in [2.45, 2.75) is 17.9 Å². The molecule has 1 unspecified atom stereocenters. The van der Waals surface area contributed by atoms with Gasteiger partial charge in [0.1, 0.15) is 5.82 Å². The van der Waals surface area contributed by atoms with Gasteiger partial charge < -0.3 is 5.32 Å². The number of thioether (sulfide) groups is 1. The number of rotatable bonds is 5. The molecule has 134 valence electrons. The molecule has 2 heterocycles. The molecule has 1 fully saturated rings. The molecular weight excluding hydrogens is 413 g/mol. The summed E-state index contributed by atoms with van der Waals surface area (Å²) >= 11 is 4.62. The molecule has 0 bridgehead atoms. The maximum atomic E-state index is 13.3. The molecule has 3 rings (SSSR count). The van der Waals surface area contributed by atoms with Gasteiger partial charge in [-0.2, -0.15) is 0 Å². The highest BCUT2D eigenvalue weighted by Crippen LogP contribution is 2.26. The largest absolute Gasteiger partial charge is 0.316 e. The Kier molecular flexibility index (Phi) is 6.40. The second-order valence-corrected chi connectivity index (χ2v) is 7.48. The third-order valence-electron chi connectivity index (χ3n) is 3.79. The van der Waals surface area contributed by atoms with Crippen LogP contribution in [-0.2, 0) is 0 Å². The van der Waals surface area contributed by atoms with Crippen molar-refractivity contribution in [3.05, 3.63) is 34.2 Å². The molecular formula is C15H17BrFN5O2S. The van der Waals surface area contributed by atoms with Gasteiger partial charge in [0.25, 0.3) is 0 Å². The number of benzene rings is 1. The zero-order chi connectivity index (χ0) is 17.6. The predicted octanol–water partition coefficient (Wildman–Crippen LogP) is 3.12. The molecule has 1 aromatic heterocycles. The number of nitrogens with zero attached hydrogens (tertiary/aromatic N) is 3. The van der Waals surface area contributed by atoms with E-state index in [1.54, 1.807) is 0 Å². The van der Waals surface area contributed by atoms with E-state index in [0.717, 1.165) is 18.8 Å². The van der Waals surface area contributed by atoms with Crippen LogP contribution in [-0.4, -0.2) is 40.2 Å². The first kappa shape index (κ1) is 18.3. The first-order valence-electron chi connectivity index (χ1n) is 7.77. The summed E-state index contributed by atoms with van der Waals surface area (Å²) in [5.74, 6) is 1.12. The van der Waals surface area contributed by atoms with Crippen molar-refractivity contribution in [2.75, 3.05) is 18.8 Å². The van der Waals surface area contributed by atoms with Gasteiger partial charge in [0.05, 0.1) is 10.2 Å². The van der Waals surface area contributed by atoms with Crippen LogP contribution in [0, 0.1) is 11.7 Å². The van der Waals surface area contributed by atoms with Crippen LogP contribution in [0.1, 0.15) is 18.5 Å². The molecule has 3 N–H and O–H groups in total. The van der Waals surface area contributed by atoms with Crippen molar-refractivity contribution in [1.29, 1.82) is 0 Å². The van der Waals surface area contributed by atoms with E-state index in [-0.39, 0.29) is 10.3 Å². The minimum Gasteiger partial charge on any atom is -0.316 e. The maximum Gasteiger partial charge on any atom is 0.186 e. The molecule has 1 aromatic carbocycles. The van der Waals surface area contributed by atoms with Crippen molar-refractivity contribution in [3.63, 3.8) is 0 Å². The molecule has 25 heavy (non-hydrogen) atoms. The molecule has 0 aliphatic carbocycles. The smallest absolute Gasteiger partial charge is 0.186 e. The summed E-state index contributed by atoms with van der Waals surface area (Å²) in [6.45, 7) is 2.05. The third kappa shape index (κ3) is 4.78. The van der Waals surface area contributed by atoms with Crippen molar-refractivity contribution in [1.82, 2.24) is 21.1 Å². The molecule has 0 spiro atoms. The Morgan fingerprint density at radius 1 is 1.52 bits per heavy atom. The normalized spacial score (nSPS) is 18.4. The minimum absolute atomic E-state index is 0.0871. The topological polar surface area (TPSA) is 95.6 Å². The highest BCUT2D eigenvalue weighted by Gasteiger charge is 2.20. The van der Waals surface area contributed by atoms with Crippen LogP contribution in [0.15, 0.2) is 37.3 Å². The van der Waals surface area contributed by atoms with Gasteiger partial charge >= 0.3 is 0 Å². The highest BCUT2D eigenvalue weighted by molar-refractivity contribution is 9.10. The Morgan fingerprint density at radius 3 is 3.12 bits per heavy atom. The molecule has 1 aliphatic rings. The van der Waals surface area contributed by atoms with Crippen LogP contribution in [0.2, 0.25) is 0 Å². The first-order chi connectivity index (χ1) is 12.2. The van der Waals surface area contributed by atoms with Gasteiger partial charge in [-0.3, -0.25) is 10.7 Å². The van der Waals surface area contributed by atoms with Gasteiger partial charge in [0.2, 0.25) is 0 Å². The highest BCUT2D eigenvalue weighted by atomic mass is 79.9. The number of nitrogens with one attached hydrogen (secondary N) is 2. The van der Waals surface area contributed by atoms with Crippen LogP contribution in [0.4, 0.5) is 10.1 Å². The van der Waals surface area contributed by atoms with Crippen molar-refractivity contribution in [3.8, 4) is 0 Å². The lowest BCUT2D eigenvalue weighted by molar-refractivity contribution is 0.234. The standard InChI is InChI=1S/C15H17BrFN5O2S/c16-11-6-10(3-4-12(11)17)19-14(20-23)13-15(22-24-21-13)25-8-9-2-1-5-18-7-9/h3-4,6,9,18,23H,1-2,5,7-8H2,(H,19,20). The van der Waals surface area contributed by atoms with Gasteiger partial charge in [-0.25, -0.2) is 14.0 Å². The molecule has 2 aromatic rings. The third-order valence-corrected chi connectivity index (χ3v) is 5.57. The van der Waals surface area contributed by atoms with Crippen LogP contribution in [0.3, 0.4) is 0 Å². The van der Waals surface area contributed by atoms with E-state index in [4.69, 9.17) is 4.63 Å². The van der Waals surface area contributed by atoms with Gasteiger partial charge in [0, 0.05) is 5.75 Å². The maximum absolute atomic E-state index is 13.3. The first-order valence-corrected chi connectivity index (χ1v) is 9.55. The molecule has 0 amide bonds. The number of piperidine rings is 1. The second-order valence-electron chi connectivity index (χ2n) is 5.61. The number of hydrogen-bond donors (Lipinski definition) is 3. The van der Waals surface area contributed by atoms with E-state index in [1.807, 2.05) is 5.48 Å². The molecule has 10 heteroatoms. The van der Waals surface area contributed by atoms with Crippen molar-refractivity contribution >= 4 is 39.2 Å². The second kappa shape index (κ2) is 8.75. The average molecular weight is 430 g/mol. The Hall–Kier alpha value is -1.49. The number of aliphatic imine (C=N–C) groups is 1. The van der Waals surface area contributed by atoms with Gasteiger partial charge in [-0.1, -0.05) is 0 Å². The van der Waals surface area contributed by atoms with E-state index in [0.29, 0.717) is 22.3 Å². The van der Waals surface area contributed by atoms with E-state index < -0.39 is 5.82 Å². The average Bonchev–Trinajstić information content (AvgIpc) is 3.10. The summed E-state index contributed by atoms with van der Waals surface area (Å²) in [4.78, 5) is 4.25. The molecule has 0 radical (unpaired) electrons. The fourth-order valence-corrected chi connectivity index (χ4v) is 3.90. The summed E-state index contributed by atoms with van der Waals surface area (Å²) in [5, 5.41) is 21.1. The van der Waals surface area contributed by atoms with Crippen molar-refractivity contribution in [2.24, 2.45) is 10.9 Å². The monoisotopic (exact) mass is 429 g/mol. The van der Waals surface area contributed by atoms with E-state index in [2.05, 4.69) is 36.6 Å². The molecule has 1 aliphatic heterocycles. The summed E-state index contributed by atoms with van der Waals surface area (Å²) in [5.41, 5.74) is 2.78. The molecule has 1 saturated heterocycles. The van der Waals surface area contributed by atoms with Crippen LogP contribution in [0.25, 0.3) is 0 Å². The predicted molar refractivity (Wildman–Crippen MR) is 95.8 cm³/mol. The fraction of sp³-hybridized carbons (Fsp3) is 0.400. The quantitative estimate of drug-likeness (QED) is 0.290. The zero-order valence-electron chi connectivity index (χ0n) is 13.2. The zero-order valence-corrected chi connectivity index (χ0v) is 15.6. The number of amidine groups is 1. The summed E-state index contributed by atoms with van der Waals surface area (Å²) in [6.07, 6.45) is 2.34. The lowest BCUT2D eigenvalue weighted by Crippen LogP contribution is -2.31. The summed E-state index contributed by atoms with van der Waals surface area (Å²) < 4.78 is 18.4. The van der Waals surface area contributed by atoms with Crippen LogP contribution >= 0.6 is 27.7 Å². The van der Waals surface area contributed by atoms with Crippen LogP contribution < -0.4 is 10.8 Å². The number of aromatic nitrogens is 2. The summed E-state index contributed by atoms with van der Waals surface area (Å²) in [6, 6.07) is 4.27. The number of hydroxylamine groups is 1. The fourth-order valence-electron chi connectivity index (χ4n) is 2.50. The van der Waals surface area contributed by atoms with E-state index in [9.17, 15) is 9.60 Å². The lowest BCUT2D eigenvalue weighted by Gasteiger charge is -2.21. The van der Waals surface area contributed by atoms with E-state index in [1.165, 1.54) is 42.8 Å². The SMILES string of the molecule is ONC(=Nc1ccc(F)c(Br)c1)c1nonc1SCC1CCCNC1. The molecule has 1 atom stereocenters. The number of hydrogen-bond acceptors (Lipinski definition) is 7. The lowest BCUT2D eigenvalue weighted by atomic mass is 10.0. The van der Waals surface area contributed by atoms with Gasteiger partial charge in [-0.15, -0.1) is 11.8 Å². The minimum atomic E-state index is -0.391. The molecule has 7 nitrogen and oxygen atoms in total. The Balaban J connectivity index is 1.75. The van der Waals surface area contributed by atoms with E-state index >= 15 is 0 Å². The number of halogens is 2. The van der Waals surface area contributed by atoms with Gasteiger partial charge in [0.15, 0.2) is 16.6 Å². The van der Waals surface area contributed by atoms with Crippen molar-refractivity contribution < 1.29 is 14.2 Å². The Morgan fingerprint density at radius 2 is 2.40 bits per heavy atom. The van der Waals surface area contributed by atoms with Gasteiger partial charge in [-0.05, 0) is 76.3 Å². The Bertz CT molecular complexity index is 751. The van der Waals surface area contributed by atoms with Crippen LogP contribution in [0.5, 0.6) is 0 Å². The Labute approximate surface area is 156 Å². The molecule has 0 saturated carbocycles. The summed E-state index contributed by atoms with van der Waals surface area (Å²) in [7, 11) is 0.